The molecular formula is C13H27NO5S2. The Morgan fingerprint density at radius 3 is 2.76 bits per heavy atom. The minimum absolute atomic E-state index is 0.0864. The zero-order valence-electron chi connectivity index (χ0n) is 13.0. The summed E-state index contributed by atoms with van der Waals surface area (Å²) in [6, 6.07) is 0. The van der Waals surface area contributed by atoms with E-state index < -0.39 is 21.3 Å². The van der Waals surface area contributed by atoms with E-state index in [9.17, 15) is 13.5 Å². The molecule has 1 N–H and O–H groups in total. The molecule has 21 heavy (non-hydrogen) atoms. The SMILES string of the molecule is CCS(=O)(=O)C1CSCCN1CC(O)COC(C)COC. The van der Waals surface area contributed by atoms with Gasteiger partial charge < -0.3 is 14.6 Å². The van der Waals surface area contributed by atoms with Gasteiger partial charge in [-0.05, 0) is 6.92 Å². The number of nitrogens with zero attached hydrogens (tertiary/aromatic N) is 1. The van der Waals surface area contributed by atoms with Crippen LogP contribution in [0.25, 0.3) is 0 Å². The van der Waals surface area contributed by atoms with E-state index in [0.29, 0.717) is 25.4 Å². The van der Waals surface area contributed by atoms with Gasteiger partial charge in [0.2, 0.25) is 0 Å². The number of hydrogen-bond acceptors (Lipinski definition) is 7. The number of hydrogen-bond donors (Lipinski definition) is 1. The standard InChI is InChI=1S/C13H27NO5S2/c1-4-21(16,17)13-10-20-6-5-14(13)7-12(15)9-19-11(2)8-18-3/h11-13,15H,4-10H2,1-3H3. The van der Waals surface area contributed by atoms with Crippen molar-refractivity contribution in [3.8, 4) is 0 Å². The molecule has 0 aliphatic carbocycles. The van der Waals surface area contributed by atoms with Gasteiger partial charge in [-0.2, -0.15) is 11.8 Å². The van der Waals surface area contributed by atoms with Crippen LogP contribution in [0.4, 0.5) is 0 Å². The largest absolute Gasteiger partial charge is 0.389 e. The van der Waals surface area contributed by atoms with Crippen LogP contribution < -0.4 is 0 Å². The maximum absolute atomic E-state index is 12.1. The predicted octanol–water partition coefficient (Wildman–Crippen LogP) is 0.208. The van der Waals surface area contributed by atoms with Gasteiger partial charge in [0.25, 0.3) is 0 Å². The fourth-order valence-electron chi connectivity index (χ4n) is 2.23. The van der Waals surface area contributed by atoms with Crippen molar-refractivity contribution in [2.45, 2.75) is 31.4 Å². The number of sulfone groups is 1. The lowest BCUT2D eigenvalue weighted by molar-refractivity contribution is -0.0399. The Morgan fingerprint density at radius 2 is 2.14 bits per heavy atom. The molecule has 3 unspecified atom stereocenters. The minimum atomic E-state index is -3.12. The zero-order valence-corrected chi connectivity index (χ0v) is 14.7. The van der Waals surface area contributed by atoms with Gasteiger partial charge in [0.1, 0.15) is 5.37 Å². The number of aliphatic hydroxyl groups excluding tert-OH is 1. The molecule has 0 aromatic carbocycles. The first-order chi connectivity index (χ1) is 9.90. The van der Waals surface area contributed by atoms with E-state index in [-0.39, 0.29) is 18.5 Å². The lowest BCUT2D eigenvalue weighted by Crippen LogP contribution is -2.51. The highest BCUT2D eigenvalue weighted by Gasteiger charge is 2.33. The van der Waals surface area contributed by atoms with E-state index in [0.717, 1.165) is 5.75 Å². The summed E-state index contributed by atoms with van der Waals surface area (Å²) in [6.07, 6.45) is -0.779. The predicted molar refractivity (Wildman–Crippen MR) is 85.4 cm³/mol. The molecule has 0 aromatic heterocycles. The molecule has 1 fully saturated rings. The topological polar surface area (TPSA) is 76.1 Å². The van der Waals surface area contributed by atoms with E-state index in [1.54, 1.807) is 25.8 Å². The van der Waals surface area contributed by atoms with Crippen LogP contribution in [-0.4, -0.2) is 86.7 Å². The average molecular weight is 341 g/mol. The van der Waals surface area contributed by atoms with E-state index in [4.69, 9.17) is 9.47 Å². The first kappa shape index (κ1) is 19.2. The van der Waals surface area contributed by atoms with Crippen LogP contribution in [0.2, 0.25) is 0 Å². The Hall–Kier alpha value is 0.140. The van der Waals surface area contributed by atoms with Gasteiger partial charge in [0, 0.05) is 37.5 Å². The molecular weight excluding hydrogens is 314 g/mol. The quantitative estimate of drug-likeness (QED) is 0.642. The second-order valence-corrected chi connectivity index (χ2v) is 8.83. The van der Waals surface area contributed by atoms with E-state index in [2.05, 4.69) is 0 Å². The Balaban J connectivity index is 2.50. The second-order valence-electron chi connectivity index (χ2n) is 5.23. The average Bonchev–Trinajstić information content (AvgIpc) is 2.46. The Labute approximate surface area is 132 Å². The molecule has 1 rings (SSSR count). The van der Waals surface area contributed by atoms with Crippen molar-refractivity contribution in [2.75, 3.05) is 50.7 Å². The molecule has 1 saturated heterocycles. The van der Waals surface area contributed by atoms with Crippen LogP contribution in [0, 0.1) is 0 Å². The highest BCUT2D eigenvalue weighted by molar-refractivity contribution is 8.01. The van der Waals surface area contributed by atoms with Gasteiger partial charge in [-0.15, -0.1) is 0 Å². The van der Waals surface area contributed by atoms with Crippen LogP contribution >= 0.6 is 11.8 Å². The summed E-state index contributed by atoms with van der Waals surface area (Å²) in [6.45, 7) is 5.20. The van der Waals surface area contributed by atoms with Crippen molar-refractivity contribution < 1.29 is 23.0 Å². The first-order valence-electron chi connectivity index (χ1n) is 7.22. The minimum Gasteiger partial charge on any atom is -0.389 e. The van der Waals surface area contributed by atoms with Gasteiger partial charge in [-0.1, -0.05) is 6.92 Å². The molecule has 6 nitrogen and oxygen atoms in total. The van der Waals surface area contributed by atoms with Gasteiger partial charge in [-0.25, -0.2) is 8.42 Å². The van der Waals surface area contributed by atoms with E-state index in [1.165, 1.54) is 0 Å². The molecule has 1 aliphatic heterocycles. The number of aliphatic hydroxyl groups is 1. The van der Waals surface area contributed by atoms with Crippen molar-refractivity contribution in [2.24, 2.45) is 0 Å². The number of thioether (sulfide) groups is 1. The molecule has 0 spiro atoms. The van der Waals surface area contributed by atoms with Gasteiger partial charge in [-0.3, -0.25) is 4.90 Å². The van der Waals surface area contributed by atoms with Crippen molar-refractivity contribution in [3.63, 3.8) is 0 Å². The Morgan fingerprint density at radius 1 is 1.43 bits per heavy atom. The molecule has 0 bridgehead atoms. The Bertz CT molecular complexity index is 390. The fourth-order valence-corrected chi connectivity index (χ4v) is 5.32. The molecule has 8 heteroatoms. The number of rotatable bonds is 9. The molecule has 1 aliphatic rings. The zero-order chi connectivity index (χ0) is 15.9. The monoisotopic (exact) mass is 341 g/mol. The summed E-state index contributed by atoms with van der Waals surface area (Å²) in [7, 11) is -1.52. The number of methoxy groups -OCH3 is 1. The molecule has 0 amide bonds. The van der Waals surface area contributed by atoms with Crippen LogP contribution in [0.1, 0.15) is 13.8 Å². The third-order valence-corrected chi connectivity index (χ3v) is 6.76. The third-order valence-electron chi connectivity index (χ3n) is 3.43. The van der Waals surface area contributed by atoms with Gasteiger partial charge in [0.15, 0.2) is 9.84 Å². The number of β-amino-alcohol motifs (C(OH)–C–C–N with tert-alkyl or cyclic N) is 1. The highest BCUT2D eigenvalue weighted by atomic mass is 32.2. The molecule has 0 radical (unpaired) electrons. The van der Waals surface area contributed by atoms with Crippen molar-refractivity contribution in [1.29, 1.82) is 0 Å². The van der Waals surface area contributed by atoms with E-state index in [1.807, 2.05) is 11.8 Å². The number of ether oxygens (including phenoxy) is 2. The molecule has 126 valence electrons. The van der Waals surface area contributed by atoms with Crippen LogP contribution in [0.15, 0.2) is 0 Å². The first-order valence-corrected chi connectivity index (χ1v) is 10.1. The maximum Gasteiger partial charge on any atom is 0.166 e. The van der Waals surface area contributed by atoms with Crippen molar-refractivity contribution in [3.05, 3.63) is 0 Å². The maximum atomic E-state index is 12.1. The summed E-state index contributed by atoms with van der Waals surface area (Å²) in [5, 5.41) is 9.57. The summed E-state index contributed by atoms with van der Waals surface area (Å²) >= 11 is 1.65. The second kappa shape index (κ2) is 9.32. The summed E-state index contributed by atoms with van der Waals surface area (Å²) < 4.78 is 34.7. The summed E-state index contributed by atoms with van der Waals surface area (Å²) in [5.41, 5.74) is 0. The van der Waals surface area contributed by atoms with Gasteiger partial charge in [0.05, 0.1) is 25.4 Å². The molecule has 1 heterocycles. The highest BCUT2D eigenvalue weighted by Crippen LogP contribution is 2.21. The lowest BCUT2D eigenvalue weighted by atomic mass is 10.3. The molecule has 0 aromatic rings. The normalized spacial score (nSPS) is 23.9. The smallest absolute Gasteiger partial charge is 0.166 e. The summed E-state index contributed by atoms with van der Waals surface area (Å²) in [4.78, 5) is 1.87. The third kappa shape index (κ3) is 6.42. The lowest BCUT2D eigenvalue weighted by Gasteiger charge is -2.35. The van der Waals surface area contributed by atoms with Crippen LogP contribution in [0.5, 0.6) is 0 Å². The Kier molecular flexibility index (Phi) is 8.51. The van der Waals surface area contributed by atoms with Crippen molar-refractivity contribution >= 4 is 21.6 Å². The van der Waals surface area contributed by atoms with Gasteiger partial charge >= 0.3 is 0 Å². The van der Waals surface area contributed by atoms with Crippen molar-refractivity contribution in [1.82, 2.24) is 4.90 Å². The molecule has 3 atom stereocenters. The van der Waals surface area contributed by atoms with Crippen LogP contribution in [0.3, 0.4) is 0 Å². The summed E-state index contributed by atoms with van der Waals surface area (Å²) in [5.74, 6) is 1.60. The van der Waals surface area contributed by atoms with E-state index >= 15 is 0 Å². The molecule has 0 saturated carbocycles. The van der Waals surface area contributed by atoms with Crippen LogP contribution in [-0.2, 0) is 19.3 Å². The fraction of sp³-hybridized carbons (Fsp3) is 1.00.